The zero-order chi connectivity index (χ0) is 49.1. The molecular formula is C51H62N10O7S. The van der Waals surface area contributed by atoms with Crippen molar-refractivity contribution in [3.8, 4) is 39.5 Å². The van der Waals surface area contributed by atoms with E-state index >= 15 is 0 Å². The number of fused-ring (bicyclic) bond motifs is 5. The normalized spacial score (nSPS) is 18.8. The van der Waals surface area contributed by atoms with Gasteiger partial charge in [-0.05, 0) is 80.3 Å². The fourth-order valence-electron chi connectivity index (χ4n) is 9.98. The number of thiazole rings is 1. The molecule has 7 heterocycles. The van der Waals surface area contributed by atoms with Crippen LogP contribution in [0.15, 0.2) is 55.0 Å². The second-order valence-electron chi connectivity index (χ2n) is 20.1. The number of nitrogens with one attached hydrogen (secondary N) is 4. The van der Waals surface area contributed by atoms with Crippen molar-refractivity contribution in [1.29, 1.82) is 0 Å². The monoisotopic (exact) mass is 958 g/mol. The number of ether oxygens (including phenoxy) is 3. The summed E-state index contributed by atoms with van der Waals surface area (Å²) in [6, 6.07) is 10.8. The zero-order valence-corrected chi connectivity index (χ0v) is 41.7. The Bertz CT molecular complexity index is 2920. The molecule has 0 saturated carbocycles. The first kappa shape index (κ1) is 47.4. The molecule has 0 radical (unpaired) electrons. The molecule has 0 spiro atoms. The minimum atomic E-state index is -0.728. The van der Waals surface area contributed by atoms with Gasteiger partial charge in [0.25, 0.3) is 0 Å². The first-order chi connectivity index (χ1) is 32.9. The highest BCUT2D eigenvalue weighted by Crippen LogP contribution is 2.49. The third kappa shape index (κ3) is 8.94. The van der Waals surface area contributed by atoms with Crippen LogP contribution in [0.5, 0.6) is 5.75 Å². The first-order valence-corrected chi connectivity index (χ1v) is 24.6. The number of aromatic amines is 2. The molecule has 3 aliphatic rings. The Hall–Kier alpha value is -6.69. The van der Waals surface area contributed by atoms with Crippen LogP contribution in [-0.4, -0.2) is 103 Å². The van der Waals surface area contributed by atoms with Crippen LogP contribution in [0.2, 0.25) is 0 Å². The van der Waals surface area contributed by atoms with E-state index in [0.29, 0.717) is 24.7 Å². The van der Waals surface area contributed by atoms with Crippen LogP contribution in [0.4, 0.5) is 9.59 Å². The second kappa shape index (κ2) is 18.7. The largest absolute Gasteiger partial charge is 0.464 e. The SMILES string of the molecule is COC(=O)N[C@H](C(=O)N1CCC[C@H]1c1ncc(-c2cc(C)c3c(c2)OC(c2cnc(C(C)(C)C)s2)n2c-3cc3cc(-c4cnc([C@@H]5CCCN5C(=O)[C@@H](NC(=O)OC)C(C)C)[nH]4)ccc32)[nH]1)C(C)C. The van der Waals surface area contributed by atoms with Gasteiger partial charge in [0.15, 0.2) is 0 Å². The number of likely N-dealkylation sites (tertiary alicyclic amines) is 2. The van der Waals surface area contributed by atoms with E-state index in [-0.39, 0.29) is 41.1 Å². The van der Waals surface area contributed by atoms with Gasteiger partial charge >= 0.3 is 12.2 Å². The predicted molar refractivity (Wildman–Crippen MR) is 263 cm³/mol. The van der Waals surface area contributed by atoms with Crippen LogP contribution >= 0.6 is 11.3 Å². The lowest BCUT2D eigenvalue weighted by Gasteiger charge is -2.30. The van der Waals surface area contributed by atoms with Crippen molar-refractivity contribution in [2.75, 3.05) is 27.3 Å². The number of rotatable bonds is 11. The number of aromatic nitrogens is 6. The molecule has 4 amide bonds. The summed E-state index contributed by atoms with van der Waals surface area (Å²) in [6.07, 6.45) is 6.92. The Morgan fingerprint density at radius 2 is 1.33 bits per heavy atom. The average Bonchev–Trinajstić information content (AvgIpc) is 4.18. The van der Waals surface area contributed by atoms with Crippen LogP contribution in [0.1, 0.15) is 120 Å². The minimum absolute atomic E-state index is 0.134. The summed E-state index contributed by atoms with van der Waals surface area (Å²) in [5.41, 5.74) is 7.34. The predicted octanol–water partition coefficient (Wildman–Crippen LogP) is 9.18. The van der Waals surface area contributed by atoms with Gasteiger partial charge in [0.05, 0.1) is 71.2 Å². The average molecular weight is 959 g/mol. The van der Waals surface area contributed by atoms with Crippen molar-refractivity contribution in [3.05, 3.63) is 82.1 Å². The summed E-state index contributed by atoms with van der Waals surface area (Å²) in [4.78, 5) is 78.2. The van der Waals surface area contributed by atoms with Crippen molar-refractivity contribution < 1.29 is 33.4 Å². The number of aryl methyl sites for hydroxylation is 1. The molecule has 18 heteroatoms. The van der Waals surface area contributed by atoms with Crippen molar-refractivity contribution in [1.82, 2.24) is 49.9 Å². The van der Waals surface area contributed by atoms with E-state index in [1.165, 1.54) is 14.2 Å². The molecule has 2 fully saturated rings. The van der Waals surface area contributed by atoms with E-state index in [4.69, 9.17) is 29.2 Å². The zero-order valence-electron chi connectivity index (χ0n) is 40.9. The summed E-state index contributed by atoms with van der Waals surface area (Å²) in [5.74, 6) is 1.53. The number of amides is 4. The third-order valence-corrected chi connectivity index (χ3v) is 15.0. The molecule has 2 aromatic carbocycles. The molecule has 6 aromatic rings. The quantitative estimate of drug-likeness (QED) is 0.0970. The summed E-state index contributed by atoms with van der Waals surface area (Å²) in [6.45, 7) is 17.3. The maximum atomic E-state index is 13.9. The molecule has 364 valence electrons. The van der Waals surface area contributed by atoms with Crippen molar-refractivity contribution in [2.45, 2.75) is 117 Å². The molecule has 2 saturated heterocycles. The van der Waals surface area contributed by atoms with E-state index in [1.807, 2.05) is 56.1 Å². The van der Waals surface area contributed by atoms with Crippen LogP contribution in [0, 0.1) is 18.8 Å². The van der Waals surface area contributed by atoms with E-state index in [0.717, 1.165) is 91.6 Å². The van der Waals surface area contributed by atoms with Crippen LogP contribution in [0.25, 0.3) is 44.7 Å². The molecule has 9 rings (SSSR count). The highest BCUT2D eigenvalue weighted by molar-refractivity contribution is 7.11. The number of H-pyrrole nitrogens is 2. The molecule has 4 N–H and O–H groups in total. The van der Waals surface area contributed by atoms with Gasteiger partial charge < -0.3 is 44.6 Å². The lowest BCUT2D eigenvalue weighted by Crippen LogP contribution is -2.51. The number of alkyl carbamates (subject to hydrolysis) is 2. The van der Waals surface area contributed by atoms with E-state index < -0.39 is 30.5 Å². The topological polar surface area (TPSA) is 202 Å². The highest BCUT2D eigenvalue weighted by Gasteiger charge is 2.40. The molecule has 69 heavy (non-hydrogen) atoms. The maximum Gasteiger partial charge on any atom is 0.407 e. The maximum absolute atomic E-state index is 13.9. The molecule has 4 aromatic heterocycles. The second-order valence-corrected chi connectivity index (χ2v) is 21.1. The first-order valence-electron chi connectivity index (χ1n) is 23.8. The van der Waals surface area contributed by atoms with Gasteiger partial charge in [-0.1, -0.05) is 54.5 Å². The molecule has 3 aliphatic heterocycles. The molecule has 17 nitrogen and oxygen atoms in total. The molecule has 0 aliphatic carbocycles. The van der Waals surface area contributed by atoms with Gasteiger partial charge in [-0.2, -0.15) is 0 Å². The lowest BCUT2D eigenvalue weighted by atomic mass is 9.98. The van der Waals surface area contributed by atoms with Crippen LogP contribution in [-0.2, 0) is 24.5 Å². The Morgan fingerprint density at radius 3 is 1.86 bits per heavy atom. The van der Waals surface area contributed by atoms with Gasteiger partial charge in [0, 0.05) is 46.8 Å². The molecular weight excluding hydrogens is 897 g/mol. The van der Waals surface area contributed by atoms with Gasteiger partial charge in [-0.25, -0.2) is 24.5 Å². The van der Waals surface area contributed by atoms with Crippen molar-refractivity contribution in [3.63, 3.8) is 0 Å². The summed E-state index contributed by atoms with van der Waals surface area (Å²) >= 11 is 1.65. The number of nitrogens with zero attached hydrogens (tertiary/aromatic N) is 6. The smallest absolute Gasteiger partial charge is 0.407 e. The number of hydrogen-bond acceptors (Lipinski definition) is 11. The summed E-state index contributed by atoms with van der Waals surface area (Å²) in [5, 5.41) is 7.49. The van der Waals surface area contributed by atoms with Gasteiger partial charge in [-0.3, -0.25) is 14.2 Å². The van der Waals surface area contributed by atoms with E-state index in [1.54, 1.807) is 11.3 Å². The van der Waals surface area contributed by atoms with E-state index in [9.17, 15) is 19.2 Å². The number of carbonyl (C=O) groups is 4. The fraction of sp³-hybridized carbons (Fsp3) is 0.471. The highest BCUT2D eigenvalue weighted by atomic mass is 32.1. The van der Waals surface area contributed by atoms with Gasteiger partial charge in [0.2, 0.25) is 18.0 Å². The van der Waals surface area contributed by atoms with E-state index in [2.05, 4.69) is 89.3 Å². The molecule has 0 bridgehead atoms. The number of benzene rings is 2. The number of imidazole rings is 2. The number of hydrogen-bond donors (Lipinski definition) is 4. The van der Waals surface area contributed by atoms with Crippen molar-refractivity contribution >= 4 is 46.2 Å². The number of methoxy groups -OCH3 is 2. The molecule has 1 unspecified atom stereocenters. The van der Waals surface area contributed by atoms with Crippen molar-refractivity contribution in [2.24, 2.45) is 11.8 Å². The standard InChI is InChI=1S/C51H62N10O7S/c1-26(2)41(57-49(64)66-9)45(62)59-17-11-13-35(59)43-52-23-32(55-43)29-15-16-34-31(20-29)21-37-40-28(5)19-30(22-38(40)68-47(61(34)37)39-25-54-48(69-39)51(6,7)8)33-24-53-44(56-33)36-14-12-18-60(36)46(63)42(27(3)4)58-50(65)67-10/h15-16,19-27,35-36,41-42,47H,11-14,17-18H2,1-10H3,(H,52,55)(H,53,56)(H,57,64)(H,58,65)/t35-,36-,41-,42-,47?/m0/s1. The Balaban J connectivity index is 1.04. The molecule has 5 atom stereocenters. The lowest BCUT2D eigenvalue weighted by molar-refractivity contribution is -0.136. The fourth-order valence-corrected chi connectivity index (χ4v) is 11.0. The Labute approximate surface area is 405 Å². The van der Waals surface area contributed by atoms with Crippen LogP contribution in [0.3, 0.4) is 0 Å². The number of carbonyl (C=O) groups excluding carboxylic acids is 4. The summed E-state index contributed by atoms with van der Waals surface area (Å²) < 4.78 is 19.0. The summed E-state index contributed by atoms with van der Waals surface area (Å²) in [7, 11) is 2.59. The Kier molecular flexibility index (Phi) is 12.8. The third-order valence-electron chi connectivity index (χ3n) is 13.6. The van der Waals surface area contributed by atoms with Gasteiger partial charge in [0.1, 0.15) is 29.5 Å². The Morgan fingerprint density at radius 1 is 0.768 bits per heavy atom. The minimum Gasteiger partial charge on any atom is -0.464 e. The van der Waals surface area contributed by atoms with Crippen LogP contribution < -0.4 is 15.4 Å². The van der Waals surface area contributed by atoms with Gasteiger partial charge in [-0.15, -0.1) is 11.3 Å².